The molecule has 0 amide bonds. The molecule has 0 saturated carbocycles. The average molecular weight is 355 g/mol. The van der Waals surface area contributed by atoms with Crippen LogP contribution in [0.2, 0.25) is 10.0 Å². The summed E-state index contributed by atoms with van der Waals surface area (Å²) in [5, 5.41) is 12.5. The third-order valence-corrected chi connectivity index (χ3v) is 3.35. The second-order valence-corrected chi connectivity index (χ2v) is 5.10. The van der Waals surface area contributed by atoms with Gasteiger partial charge in [-0.1, -0.05) is 29.3 Å². The normalized spacial score (nSPS) is 12.3. The third-order valence-electron chi connectivity index (χ3n) is 2.79. The Morgan fingerprint density at radius 2 is 1.68 bits per heavy atom. The molecule has 0 aliphatic rings. The van der Waals surface area contributed by atoms with Gasteiger partial charge in [-0.25, -0.2) is 0 Å². The second kappa shape index (κ2) is 6.68. The minimum atomic E-state index is -1.79. The van der Waals surface area contributed by atoms with Gasteiger partial charge in [-0.2, -0.15) is 22.5 Å². The molecule has 1 aromatic carbocycles. The summed E-state index contributed by atoms with van der Waals surface area (Å²) in [6.07, 6.45) is -1.29. The molecular formula is C13H8Cl2F4N2O. The summed E-state index contributed by atoms with van der Waals surface area (Å²) in [5.74, 6) is -6.96. The molecule has 0 aliphatic carbocycles. The zero-order valence-electron chi connectivity index (χ0n) is 10.7. The van der Waals surface area contributed by atoms with Crippen LogP contribution in [0, 0.1) is 23.5 Å². The van der Waals surface area contributed by atoms with Gasteiger partial charge in [0, 0.05) is 22.2 Å². The summed E-state index contributed by atoms with van der Waals surface area (Å²) >= 11 is 11.6. The number of aromatic nitrogens is 1. The van der Waals surface area contributed by atoms with Crippen molar-refractivity contribution in [1.82, 2.24) is 4.98 Å². The van der Waals surface area contributed by atoms with E-state index < -0.39 is 41.9 Å². The summed E-state index contributed by atoms with van der Waals surface area (Å²) in [4.78, 5) is 2.42. The van der Waals surface area contributed by atoms with Crippen molar-refractivity contribution in [2.75, 3.05) is 11.9 Å². The minimum absolute atomic E-state index is 0.134. The van der Waals surface area contributed by atoms with Crippen molar-refractivity contribution in [1.29, 1.82) is 0 Å². The van der Waals surface area contributed by atoms with Crippen LogP contribution in [-0.2, 0) is 0 Å². The lowest BCUT2D eigenvalue weighted by Gasteiger charge is -2.15. The zero-order chi connectivity index (χ0) is 16.4. The SMILES string of the molecule is OC(CNc1c(F)c(F)nc(F)c1F)c1ccc(Cl)cc1Cl. The summed E-state index contributed by atoms with van der Waals surface area (Å²) in [6.45, 7) is -0.446. The summed E-state index contributed by atoms with van der Waals surface area (Å²) in [7, 11) is 0. The van der Waals surface area contributed by atoms with Crippen LogP contribution < -0.4 is 5.32 Å². The fraction of sp³-hybridized carbons (Fsp3) is 0.154. The van der Waals surface area contributed by atoms with E-state index in [4.69, 9.17) is 23.2 Å². The van der Waals surface area contributed by atoms with E-state index in [0.29, 0.717) is 5.02 Å². The van der Waals surface area contributed by atoms with E-state index in [2.05, 4.69) is 10.3 Å². The standard InChI is InChI=1S/C13H8Cl2F4N2O/c14-5-1-2-6(7(15)3-5)8(22)4-20-11-9(16)12(18)21-13(19)10(11)17/h1-3,8,22H,4H2,(H,20,21). The highest BCUT2D eigenvalue weighted by molar-refractivity contribution is 6.35. The van der Waals surface area contributed by atoms with Crippen molar-refractivity contribution in [3.63, 3.8) is 0 Å². The largest absolute Gasteiger partial charge is 0.387 e. The molecule has 0 radical (unpaired) electrons. The fourth-order valence-electron chi connectivity index (χ4n) is 1.72. The molecule has 2 rings (SSSR count). The van der Waals surface area contributed by atoms with E-state index in [-0.39, 0.29) is 10.6 Å². The predicted octanol–water partition coefficient (Wildman–Crippen LogP) is 4.09. The van der Waals surface area contributed by atoms with Crippen molar-refractivity contribution < 1.29 is 22.7 Å². The molecule has 3 nitrogen and oxygen atoms in total. The van der Waals surface area contributed by atoms with Gasteiger partial charge in [0.2, 0.25) is 11.6 Å². The topological polar surface area (TPSA) is 45.1 Å². The Morgan fingerprint density at radius 1 is 1.09 bits per heavy atom. The number of anilines is 1. The molecule has 0 saturated heterocycles. The Bertz CT molecular complexity index is 689. The maximum absolute atomic E-state index is 13.4. The van der Waals surface area contributed by atoms with Crippen molar-refractivity contribution in [2.45, 2.75) is 6.10 Å². The first kappa shape index (κ1) is 16.8. The molecule has 1 atom stereocenters. The van der Waals surface area contributed by atoms with Crippen LogP contribution in [0.1, 0.15) is 11.7 Å². The lowest BCUT2D eigenvalue weighted by atomic mass is 10.1. The molecule has 22 heavy (non-hydrogen) atoms. The highest BCUT2D eigenvalue weighted by Gasteiger charge is 2.21. The van der Waals surface area contributed by atoms with Crippen LogP contribution in [0.15, 0.2) is 18.2 Å². The maximum atomic E-state index is 13.4. The highest BCUT2D eigenvalue weighted by atomic mass is 35.5. The smallest absolute Gasteiger partial charge is 0.253 e. The first-order valence-corrected chi connectivity index (χ1v) is 6.63. The molecule has 2 aromatic rings. The minimum Gasteiger partial charge on any atom is -0.387 e. The molecule has 1 heterocycles. The van der Waals surface area contributed by atoms with Gasteiger partial charge in [-0.3, -0.25) is 0 Å². The molecule has 118 valence electrons. The molecular weight excluding hydrogens is 347 g/mol. The fourth-order valence-corrected chi connectivity index (χ4v) is 2.26. The van der Waals surface area contributed by atoms with Gasteiger partial charge in [0.25, 0.3) is 11.9 Å². The van der Waals surface area contributed by atoms with Crippen molar-refractivity contribution in [3.8, 4) is 0 Å². The lowest BCUT2D eigenvalue weighted by Crippen LogP contribution is -2.16. The van der Waals surface area contributed by atoms with Gasteiger partial charge in [-0.15, -0.1) is 0 Å². The summed E-state index contributed by atoms with van der Waals surface area (Å²) < 4.78 is 52.7. The number of hydrogen-bond donors (Lipinski definition) is 2. The molecule has 0 fully saturated rings. The predicted molar refractivity (Wildman–Crippen MR) is 74.0 cm³/mol. The number of hydrogen-bond acceptors (Lipinski definition) is 3. The number of halogens is 6. The van der Waals surface area contributed by atoms with Crippen LogP contribution >= 0.6 is 23.2 Å². The molecule has 1 aromatic heterocycles. The van der Waals surface area contributed by atoms with E-state index in [9.17, 15) is 22.7 Å². The molecule has 2 N–H and O–H groups in total. The third kappa shape index (κ3) is 3.43. The van der Waals surface area contributed by atoms with Gasteiger partial charge in [0.05, 0.1) is 6.10 Å². The number of rotatable bonds is 4. The van der Waals surface area contributed by atoms with Gasteiger partial charge >= 0.3 is 0 Å². The van der Waals surface area contributed by atoms with E-state index >= 15 is 0 Å². The van der Waals surface area contributed by atoms with Gasteiger partial charge in [0.15, 0.2) is 0 Å². The Morgan fingerprint density at radius 3 is 2.23 bits per heavy atom. The van der Waals surface area contributed by atoms with E-state index in [1.807, 2.05) is 0 Å². The lowest BCUT2D eigenvalue weighted by molar-refractivity contribution is 0.191. The van der Waals surface area contributed by atoms with Gasteiger partial charge in [-0.05, 0) is 12.1 Å². The van der Waals surface area contributed by atoms with Gasteiger partial charge in [0.1, 0.15) is 5.69 Å². The number of aliphatic hydroxyl groups excluding tert-OH is 1. The van der Waals surface area contributed by atoms with Crippen LogP contribution in [-0.4, -0.2) is 16.6 Å². The Kier molecular flexibility index (Phi) is 5.10. The van der Waals surface area contributed by atoms with Gasteiger partial charge < -0.3 is 10.4 Å². The Balaban J connectivity index is 2.20. The van der Waals surface area contributed by atoms with E-state index in [1.165, 1.54) is 18.2 Å². The number of nitrogens with zero attached hydrogens (tertiary/aromatic N) is 1. The maximum Gasteiger partial charge on any atom is 0.253 e. The molecule has 0 spiro atoms. The number of benzene rings is 1. The molecule has 9 heteroatoms. The summed E-state index contributed by atoms with van der Waals surface area (Å²) in [5.41, 5.74) is -0.830. The highest BCUT2D eigenvalue weighted by Crippen LogP contribution is 2.28. The van der Waals surface area contributed by atoms with E-state index in [1.54, 1.807) is 0 Å². The van der Waals surface area contributed by atoms with Crippen molar-refractivity contribution in [2.24, 2.45) is 0 Å². The van der Waals surface area contributed by atoms with Crippen LogP contribution in [0.3, 0.4) is 0 Å². The quantitative estimate of drug-likeness (QED) is 0.642. The summed E-state index contributed by atoms with van der Waals surface area (Å²) in [6, 6.07) is 4.24. The zero-order valence-corrected chi connectivity index (χ0v) is 12.2. The van der Waals surface area contributed by atoms with Crippen LogP contribution in [0.4, 0.5) is 23.2 Å². The average Bonchev–Trinajstić information content (AvgIpc) is 2.45. The van der Waals surface area contributed by atoms with Crippen molar-refractivity contribution >= 4 is 28.9 Å². The first-order chi connectivity index (χ1) is 10.3. The second-order valence-electron chi connectivity index (χ2n) is 4.26. The first-order valence-electron chi connectivity index (χ1n) is 5.88. The van der Waals surface area contributed by atoms with E-state index in [0.717, 1.165) is 0 Å². The molecule has 0 bridgehead atoms. The van der Waals surface area contributed by atoms with Crippen molar-refractivity contribution in [3.05, 3.63) is 57.3 Å². The number of pyridine rings is 1. The molecule has 1 unspecified atom stereocenters. The number of aliphatic hydroxyl groups is 1. The van der Waals surface area contributed by atoms with Crippen LogP contribution in [0.25, 0.3) is 0 Å². The Hall–Kier alpha value is -1.57. The monoisotopic (exact) mass is 354 g/mol. The van der Waals surface area contributed by atoms with Crippen LogP contribution in [0.5, 0.6) is 0 Å². The number of nitrogens with one attached hydrogen (secondary N) is 1. The Labute approximate surface area is 132 Å². The molecule has 0 aliphatic heterocycles.